The van der Waals surface area contributed by atoms with Crippen molar-refractivity contribution in [2.75, 3.05) is 47.5 Å². The molecule has 0 amide bonds. The fraction of sp³-hybridized carbons (Fsp3) is 0.939. The molecule has 0 saturated heterocycles. The number of carbonyl (C=O) groups is 1. The van der Waals surface area contributed by atoms with Crippen LogP contribution in [0.5, 0.6) is 0 Å². The van der Waals surface area contributed by atoms with Crippen LogP contribution in [0.15, 0.2) is 11.6 Å². The molecule has 0 bridgehead atoms. The van der Waals surface area contributed by atoms with Crippen LogP contribution in [-0.2, 0) is 27.9 Å². The molecule has 338 valence electrons. The molecule has 4 rings (SSSR count). The number of nitrogens with zero attached hydrogens (tertiary/aromatic N) is 1. The number of phosphoric ester groups is 1. The number of likely N-dealkylation sites (N-methyl/N-ethyl adjacent to an activating group) is 1. The highest BCUT2D eigenvalue weighted by molar-refractivity contribution is 7.47. The lowest BCUT2D eigenvalue weighted by Crippen LogP contribution is -2.51. The fourth-order valence-electron chi connectivity index (χ4n) is 12.0. The first-order valence-corrected chi connectivity index (χ1v) is 25.9. The number of hydrogen-bond acceptors (Lipinski definition) is 6. The largest absolute Gasteiger partial charge is 0.472 e. The third kappa shape index (κ3) is 15.2. The number of phosphoric acid groups is 1. The maximum atomic E-state index is 13.1. The van der Waals surface area contributed by atoms with Crippen LogP contribution in [0.2, 0.25) is 0 Å². The van der Waals surface area contributed by atoms with Gasteiger partial charge in [0.25, 0.3) is 0 Å². The van der Waals surface area contributed by atoms with Crippen LogP contribution in [0.1, 0.15) is 189 Å². The Labute approximate surface area is 356 Å². The zero-order valence-electron chi connectivity index (χ0n) is 39.1. The number of fused-ring (bicyclic) bond motifs is 5. The Morgan fingerprint density at radius 3 is 2.17 bits per heavy atom. The molecule has 0 heterocycles. The molecule has 0 aromatic rings. The van der Waals surface area contributed by atoms with Crippen molar-refractivity contribution in [1.82, 2.24) is 0 Å². The Bertz CT molecular complexity index is 1300. The van der Waals surface area contributed by atoms with Gasteiger partial charge in [-0.25, -0.2) is 4.57 Å². The molecule has 0 aromatic heterocycles. The topological polar surface area (TPSA) is 91.3 Å². The van der Waals surface area contributed by atoms with Crippen molar-refractivity contribution in [3.8, 4) is 0 Å². The fourth-order valence-corrected chi connectivity index (χ4v) is 12.7. The van der Waals surface area contributed by atoms with Gasteiger partial charge >= 0.3 is 13.8 Å². The number of allylic oxidation sites excluding steroid dienone is 1. The van der Waals surface area contributed by atoms with Crippen molar-refractivity contribution in [2.24, 2.45) is 46.3 Å². The van der Waals surface area contributed by atoms with Gasteiger partial charge in [0.2, 0.25) is 0 Å². The summed E-state index contributed by atoms with van der Waals surface area (Å²) in [5.41, 5.74) is 2.27. The van der Waals surface area contributed by atoms with E-state index in [1.807, 2.05) is 21.1 Å². The lowest BCUT2D eigenvalue weighted by molar-refractivity contribution is -0.870. The molecule has 8 nitrogen and oxygen atoms in total. The number of hydrogen-bond donors (Lipinski definition) is 1. The summed E-state index contributed by atoms with van der Waals surface area (Å²) >= 11 is 0. The van der Waals surface area contributed by atoms with E-state index in [1.165, 1.54) is 103 Å². The Balaban J connectivity index is 1.28. The van der Waals surface area contributed by atoms with Gasteiger partial charge in [0.1, 0.15) is 19.3 Å². The molecule has 9 heteroatoms. The predicted molar refractivity (Wildman–Crippen MR) is 238 cm³/mol. The van der Waals surface area contributed by atoms with E-state index in [4.69, 9.17) is 18.5 Å². The highest BCUT2D eigenvalue weighted by atomic mass is 31.2. The molecule has 0 aliphatic heterocycles. The van der Waals surface area contributed by atoms with Gasteiger partial charge in [0.15, 0.2) is 0 Å². The van der Waals surface area contributed by atoms with Gasteiger partial charge in [0.05, 0.1) is 40.5 Å². The van der Waals surface area contributed by atoms with E-state index in [2.05, 4.69) is 47.6 Å². The van der Waals surface area contributed by atoms with Crippen LogP contribution in [0, 0.1) is 46.3 Å². The van der Waals surface area contributed by atoms with Gasteiger partial charge in [-0.05, 0) is 104 Å². The van der Waals surface area contributed by atoms with Gasteiger partial charge in [-0.1, -0.05) is 137 Å². The summed E-state index contributed by atoms with van der Waals surface area (Å²) in [4.78, 5) is 23.5. The third-order valence-corrected chi connectivity index (χ3v) is 16.5. The molecule has 4 aliphatic carbocycles. The van der Waals surface area contributed by atoms with E-state index in [-0.39, 0.29) is 37.3 Å². The van der Waals surface area contributed by atoms with Crippen LogP contribution in [0.25, 0.3) is 0 Å². The van der Waals surface area contributed by atoms with Crippen molar-refractivity contribution in [3.05, 3.63) is 11.6 Å². The van der Waals surface area contributed by atoms with Gasteiger partial charge in [-0.15, -0.1) is 0 Å². The second-order valence-electron chi connectivity index (χ2n) is 21.5. The molecule has 0 aromatic carbocycles. The molecule has 10 atom stereocenters. The Morgan fingerprint density at radius 2 is 1.52 bits per heavy atom. The summed E-state index contributed by atoms with van der Waals surface area (Å²) in [6, 6.07) is 0. The van der Waals surface area contributed by atoms with Gasteiger partial charge < -0.3 is 18.9 Å². The maximum absolute atomic E-state index is 13.1. The number of quaternary nitrogens is 1. The number of ether oxygens (including phenoxy) is 2. The van der Waals surface area contributed by atoms with Crippen molar-refractivity contribution < 1.29 is 37.3 Å². The molecular formula is C49H91NO7P+. The monoisotopic (exact) mass is 837 g/mol. The summed E-state index contributed by atoms with van der Waals surface area (Å²) in [5, 5.41) is 0. The zero-order valence-corrected chi connectivity index (χ0v) is 40.0. The van der Waals surface area contributed by atoms with Crippen LogP contribution >= 0.6 is 7.82 Å². The predicted octanol–water partition coefficient (Wildman–Crippen LogP) is 12.9. The Morgan fingerprint density at radius 1 is 0.845 bits per heavy atom. The quantitative estimate of drug-likeness (QED) is 0.0276. The van der Waals surface area contributed by atoms with Crippen LogP contribution in [0.3, 0.4) is 0 Å². The van der Waals surface area contributed by atoms with Gasteiger partial charge in [-0.3, -0.25) is 13.8 Å². The third-order valence-electron chi connectivity index (χ3n) is 15.5. The smallest absolute Gasteiger partial charge is 0.457 e. The lowest BCUT2D eigenvalue weighted by Gasteiger charge is -2.58. The van der Waals surface area contributed by atoms with Crippen molar-refractivity contribution in [2.45, 2.75) is 201 Å². The standard InChI is InChI=1S/C49H90NO7P/c1-10-11-12-13-14-15-16-17-18-19-20-24-47(51)57-42(37-56-58(52,53)55-34-33-50(7,8)9)36-54-41-29-31-48(5)40(35-41)25-26-43-45-28-27-44(39(4)23-21-22-38(2)3)49(45,6)32-30-46(43)48/h25,38-39,41-46H,10-24,26-37H2,1-9H3/p+1/t39-,41?,42?,43?,44-,45?,46?,48+,49-/m1/s1. The van der Waals surface area contributed by atoms with E-state index in [9.17, 15) is 14.3 Å². The van der Waals surface area contributed by atoms with Gasteiger partial charge in [-0.2, -0.15) is 0 Å². The van der Waals surface area contributed by atoms with Crippen molar-refractivity contribution in [1.29, 1.82) is 0 Å². The highest BCUT2D eigenvalue weighted by Crippen LogP contribution is 2.67. The number of carbonyl (C=O) groups excluding carboxylic acids is 1. The van der Waals surface area contributed by atoms with E-state index in [0.29, 0.717) is 22.9 Å². The molecule has 3 fully saturated rings. The average molecular weight is 837 g/mol. The number of esters is 1. The van der Waals surface area contributed by atoms with E-state index >= 15 is 0 Å². The molecule has 4 aliphatic rings. The van der Waals surface area contributed by atoms with Crippen LogP contribution in [0.4, 0.5) is 0 Å². The molecule has 0 spiro atoms. The van der Waals surface area contributed by atoms with Crippen molar-refractivity contribution in [3.63, 3.8) is 0 Å². The SMILES string of the molecule is CCCCCCCCCCCCCC(=O)OC(COC1CC[C@@]2(C)C(=CCC3C2CC[C@@]2(C)C3CC[C@@H]2[C@H](C)CCCC(C)C)C1)COP(=O)(O)OCC[N+](C)(C)C. The van der Waals surface area contributed by atoms with Crippen molar-refractivity contribution >= 4 is 13.8 Å². The summed E-state index contributed by atoms with van der Waals surface area (Å²) in [6.07, 6.45) is 29.4. The second kappa shape index (κ2) is 23.6. The van der Waals surface area contributed by atoms with E-state index in [0.717, 1.165) is 74.0 Å². The minimum Gasteiger partial charge on any atom is -0.457 e. The second-order valence-corrected chi connectivity index (χ2v) is 23.0. The first-order chi connectivity index (χ1) is 27.5. The van der Waals surface area contributed by atoms with Gasteiger partial charge in [0, 0.05) is 6.42 Å². The zero-order chi connectivity index (χ0) is 42.4. The van der Waals surface area contributed by atoms with Crippen LogP contribution < -0.4 is 0 Å². The molecule has 58 heavy (non-hydrogen) atoms. The molecule has 6 unspecified atom stereocenters. The number of unbranched alkanes of at least 4 members (excludes halogenated alkanes) is 10. The summed E-state index contributed by atoms with van der Waals surface area (Å²) in [7, 11) is 1.67. The maximum Gasteiger partial charge on any atom is 0.472 e. The Kier molecular flexibility index (Phi) is 20.3. The minimum atomic E-state index is -4.32. The molecule has 1 N–H and O–H groups in total. The minimum absolute atomic E-state index is 0.0295. The van der Waals surface area contributed by atoms with Crippen LogP contribution in [-0.4, -0.2) is 75.1 Å². The number of rotatable bonds is 28. The highest BCUT2D eigenvalue weighted by Gasteiger charge is 2.59. The first-order valence-electron chi connectivity index (χ1n) is 24.4. The normalized spacial score (nSPS) is 30.5. The van der Waals surface area contributed by atoms with E-state index in [1.54, 1.807) is 5.57 Å². The molecule has 3 saturated carbocycles. The summed E-state index contributed by atoms with van der Waals surface area (Å²) < 4.78 is 36.5. The molecule has 0 radical (unpaired) electrons. The lowest BCUT2D eigenvalue weighted by atomic mass is 9.47. The first kappa shape index (κ1) is 49.9. The average Bonchev–Trinajstić information content (AvgIpc) is 3.51. The van der Waals surface area contributed by atoms with E-state index < -0.39 is 13.9 Å². The summed E-state index contributed by atoms with van der Waals surface area (Å²) in [6.45, 7) is 15.3. The molecular weight excluding hydrogens is 746 g/mol. The Hall–Kier alpha value is -0.760. The summed E-state index contributed by atoms with van der Waals surface area (Å²) in [5.74, 6) is 4.57.